The number of rotatable bonds is 6. The molecule has 0 aliphatic carbocycles. The number of morpholine rings is 1. The van der Waals surface area contributed by atoms with Crippen LogP contribution in [0.3, 0.4) is 0 Å². The lowest BCUT2D eigenvalue weighted by Crippen LogP contribution is -2.56. The maximum absolute atomic E-state index is 12.7. The molecular weight excluding hydrogens is 308 g/mol. The van der Waals surface area contributed by atoms with Crippen molar-refractivity contribution in [1.82, 2.24) is 4.90 Å². The van der Waals surface area contributed by atoms with Crippen molar-refractivity contribution in [2.45, 2.75) is 32.0 Å². The highest BCUT2D eigenvalue weighted by atomic mass is 16.5. The lowest BCUT2D eigenvalue weighted by Gasteiger charge is -2.42. The minimum atomic E-state index is -0.394. The summed E-state index contributed by atoms with van der Waals surface area (Å²) in [5.41, 5.74) is 0.470. The van der Waals surface area contributed by atoms with Gasteiger partial charge >= 0.3 is 0 Å². The molecule has 0 saturated carbocycles. The standard InChI is InChI=1S/C18H24N2O4/c1-18(2)13-20(11-16(24-18)12-22-3)17(21)10-14-5-4-6-15(9-14)23-8-7-19/h4-6,9,16H,8,10-13H2,1-3H3. The Kier molecular flexibility index (Phi) is 6.18. The van der Waals surface area contributed by atoms with Gasteiger partial charge in [-0.2, -0.15) is 5.26 Å². The van der Waals surface area contributed by atoms with E-state index in [1.165, 1.54) is 0 Å². The van der Waals surface area contributed by atoms with Crippen LogP contribution in [0.2, 0.25) is 0 Å². The fraction of sp³-hybridized carbons (Fsp3) is 0.556. The van der Waals surface area contributed by atoms with Gasteiger partial charge in [-0.1, -0.05) is 12.1 Å². The molecule has 1 aliphatic heterocycles. The molecule has 0 aromatic heterocycles. The molecule has 1 aromatic carbocycles. The molecule has 0 radical (unpaired) electrons. The Balaban J connectivity index is 2.02. The lowest BCUT2D eigenvalue weighted by molar-refractivity contribution is -0.168. The molecule has 1 aromatic rings. The van der Waals surface area contributed by atoms with Gasteiger partial charge in [-0.15, -0.1) is 0 Å². The van der Waals surface area contributed by atoms with Crippen molar-refractivity contribution in [3.05, 3.63) is 29.8 Å². The number of amides is 1. The van der Waals surface area contributed by atoms with Gasteiger partial charge in [-0.25, -0.2) is 0 Å². The number of nitriles is 1. The van der Waals surface area contributed by atoms with Crippen LogP contribution in [0.25, 0.3) is 0 Å². The molecular formula is C18H24N2O4. The summed E-state index contributed by atoms with van der Waals surface area (Å²) in [6, 6.07) is 9.22. The molecule has 6 nitrogen and oxygen atoms in total. The van der Waals surface area contributed by atoms with Crippen molar-refractivity contribution in [2.24, 2.45) is 0 Å². The lowest BCUT2D eigenvalue weighted by atomic mass is 10.0. The predicted molar refractivity (Wildman–Crippen MR) is 88.7 cm³/mol. The smallest absolute Gasteiger partial charge is 0.227 e. The maximum atomic E-state index is 12.7. The summed E-state index contributed by atoms with van der Waals surface area (Å²) in [6.07, 6.45) is 0.174. The predicted octanol–water partition coefficient (Wildman–Crippen LogP) is 1.78. The van der Waals surface area contributed by atoms with Crippen molar-refractivity contribution in [1.29, 1.82) is 5.26 Å². The summed E-state index contributed by atoms with van der Waals surface area (Å²) in [5.74, 6) is 0.645. The van der Waals surface area contributed by atoms with E-state index in [1.807, 2.05) is 36.9 Å². The SMILES string of the molecule is COCC1CN(C(=O)Cc2cccc(OCC#N)c2)CC(C)(C)O1. The van der Waals surface area contributed by atoms with Gasteiger partial charge in [-0.3, -0.25) is 4.79 Å². The van der Waals surface area contributed by atoms with Crippen molar-refractivity contribution in [3.8, 4) is 11.8 Å². The summed E-state index contributed by atoms with van der Waals surface area (Å²) in [6.45, 7) is 5.49. The quantitative estimate of drug-likeness (QED) is 0.794. The largest absolute Gasteiger partial charge is 0.479 e. The zero-order valence-corrected chi connectivity index (χ0v) is 14.4. The molecule has 0 spiro atoms. The van der Waals surface area contributed by atoms with Gasteiger partial charge in [0.05, 0.1) is 24.7 Å². The van der Waals surface area contributed by atoms with E-state index in [4.69, 9.17) is 19.5 Å². The van der Waals surface area contributed by atoms with Crippen molar-refractivity contribution in [3.63, 3.8) is 0 Å². The van der Waals surface area contributed by atoms with Crippen molar-refractivity contribution < 1.29 is 19.0 Å². The number of methoxy groups -OCH3 is 1. The number of benzene rings is 1. The summed E-state index contributed by atoms with van der Waals surface area (Å²) in [4.78, 5) is 14.5. The highest BCUT2D eigenvalue weighted by molar-refractivity contribution is 5.79. The molecule has 6 heteroatoms. The molecule has 1 unspecified atom stereocenters. The number of carbonyl (C=O) groups is 1. The molecule has 0 N–H and O–H groups in total. The molecule has 24 heavy (non-hydrogen) atoms. The monoisotopic (exact) mass is 332 g/mol. The number of hydrogen-bond donors (Lipinski definition) is 0. The number of ether oxygens (including phenoxy) is 3. The second kappa shape index (κ2) is 8.13. The molecule has 1 fully saturated rings. The van der Waals surface area contributed by atoms with E-state index in [2.05, 4.69) is 0 Å². The van der Waals surface area contributed by atoms with E-state index >= 15 is 0 Å². The van der Waals surface area contributed by atoms with Gasteiger partial charge in [0, 0.05) is 20.2 Å². The molecule has 1 saturated heterocycles. The van der Waals surface area contributed by atoms with Gasteiger partial charge in [-0.05, 0) is 31.5 Å². The van der Waals surface area contributed by atoms with E-state index < -0.39 is 5.60 Å². The Morgan fingerprint density at radius 3 is 3.00 bits per heavy atom. The topological polar surface area (TPSA) is 71.8 Å². The van der Waals surface area contributed by atoms with Crippen LogP contribution >= 0.6 is 0 Å². The Bertz CT molecular complexity index is 609. The fourth-order valence-electron chi connectivity index (χ4n) is 2.91. The third-order valence-corrected chi connectivity index (χ3v) is 3.74. The van der Waals surface area contributed by atoms with Crippen LogP contribution in [-0.2, 0) is 20.7 Å². The van der Waals surface area contributed by atoms with Crippen molar-refractivity contribution >= 4 is 5.91 Å². The first-order valence-corrected chi connectivity index (χ1v) is 7.97. The number of nitrogens with zero attached hydrogens (tertiary/aromatic N) is 2. The summed E-state index contributed by atoms with van der Waals surface area (Å²) in [5, 5.41) is 8.57. The molecule has 1 atom stereocenters. The van der Waals surface area contributed by atoms with E-state index in [0.717, 1.165) is 5.56 Å². The van der Waals surface area contributed by atoms with Crippen molar-refractivity contribution in [2.75, 3.05) is 33.4 Å². The zero-order chi connectivity index (χ0) is 17.6. The highest BCUT2D eigenvalue weighted by Gasteiger charge is 2.35. The molecule has 2 rings (SSSR count). The van der Waals surface area contributed by atoms with Crippen LogP contribution in [0.4, 0.5) is 0 Å². The third-order valence-electron chi connectivity index (χ3n) is 3.74. The van der Waals surface area contributed by atoms with E-state index in [9.17, 15) is 4.79 Å². The third kappa shape index (κ3) is 5.22. The first kappa shape index (κ1) is 18.2. The van der Waals surface area contributed by atoms with Gasteiger partial charge in [0.25, 0.3) is 0 Å². The first-order valence-electron chi connectivity index (χ1n) is 7.97. The Labute approximate surface area is 142 Å². The van der Waals surface area contributed by atoms with Crippen LogP contribution in [0, 0.1) is 11.3 Å². The molecule has 130 valence electrons. The van der Waals surface area contributed by atoms with Gasteiger partial charge in [0.2, 0.25) is 5.91 Å². The molecule has 1 heterocycles. The first-order chi connectivity index (χ1) is 11.4. The number of hydrogen-bond acceptors (Lipinski definition) is 5. The summed E-state index contributed by atoms with van der Waals surface area (Å²) < 4.78 is 16.4. The maximum Gasteiger partial charge on any atom is 0.227 e. The fourth-order valence-corrected chi connectivity index (χ4v) is 2.91. The van der Waals surface area contributed by atoms with Gasteiger partial charge < -0.3 is 19.1 Å². The Hall–Kier alpha value is -2.10. The van der Waals surface area contributed by atoms with Gasteiger partial charge in [0.15, 0.2) is 6.61 Å². The minimum Gasteiger partial charge on any atom is -0.479 e. The minimum absolute atomic E-state index is 0.00620. The Morgan fingerprint density at radius 2 is 2.29 bits per heavy atom. The van der Waals surface area contributed by atoms with Crippen LogP contribution in [0.15, 0.2) is 24.3 Å². The number of carbonyl (C=O) groups excluding carboxylic acids is 1. The zero-order valence-electron chi connectivity index (χ0n) is 14.4. The van der Waals surface area contributed by atoms with Gasteiger partial charge in [0.1, 0.15) is 11.8 Å². The van der Waals surface area contributed by atoms with E-state index in [0.29, 0.717) is 31.9 Å². The average Bonchev–Trinajstić information content (AvgIpc) is 2.52. The molecule has 1 amide bonds. The summed E-state index contributed by atoms with van der Waals surface area (Å²) >= 11 is 0. The molecule has 0 bridgehead atoms. The van der Waals surface area contributed by atoms with Crippen LogP contribution in [0.1, 0.15) is 19.4 Å². The van der Waals surface area contributed by atoms with Crippen LogP contribution in [-0.4, -0.2) is 55.9 Å². The second-order valence-corrected chi connectivity index (χ2v) is 6.50. The molecule has 1 aliphatic rings. The average molecular weight is 332 g/mol. The van der Waals surface area contributed by atoms with E-state index in [1.54, 1.807) is 19.2 Å². The second-order valence-electron chi connectivity index (χ2n) is 6.50. The van der Waals surface area contributed by atoms with E-state index in [-0.39, 0.29) is 18.6 Å². The summed E-state index contributed by atoms with van der Waals surface area (Å²) in [7, 11) is 1.63. The normalized spacial score (nSPS) is 19.6. The van der Waals surface area contributed by atoms with Crippen LogP contribution in [0.5, 0.6) is 5.75 Å². The highest BCUT2D eigenvalue weighted by Crippen LogP contribution is 2.22. The van der Waals surface area contributed by atoms with Crippen LogP contribution < -0.4 is 4.74 Å². The Morgan fingerprint density at radius 1 is 1.50 bits per heavy atom.